The van der Waals surface area contributed by atoms with E-state index in [0.29, 0.717) is 11.4 Å². The van der Waals surface area contributed by atoms with E-state index < -0.39 is 0 Å². The molecule has 0 radical (unpaired) electrons. The van der Waals surface area contributed by atoms with Gasteiger partial charge in [-0.3, -0.25) is 14.5 Å². The van der Waals surface area contributed by atoms with E-state index in [1.165, 1.54) is 4.90 Å². The maximum absolute atomic E-state index is 12.5. The zero-order chi connectivity index (χ0) is 17.3. The van der Waals surface area contributed by atoms with Crippen molar-refractivity contribution in [1.82, 2.24) is 0 Å². The van der Waals surface area contributed by atoms with Gasteiger partial charge >= 0.3 is 0 Å². The highest BCUT2D eigenvalue weighted by atomic mass is 16.5. The molecule has 0 unspecified atom stereocenters. The lowest BCUT2D eigenvalue weighted by molar-refractivity contribution is -0.123. The van der Waals surface area contributed by atoms with Crippen LogP contribution >= 0.6 is 0 Å². The van der Waals surface area contributed by atoms with E-state index in [0.717, 1.165) is 22.4 Å². The summed E-state index contributed by atoms with van der Waals surface area (Å²) in [4.78, 5) is 26.1. The fraction of sp³-hybridized carbons (Fsp3) is 0.263. The van der Waals surface area contributed by atoms with E-state index in [2.05, 4.69) is 5.32 Å². The molecule has 1 heterocycles. The van der Waals surface area contributed by atoms with Gasteiger partial charge in [0.2, 0.25) is 5.91 Å². The van der Waals surface area contributed by atoms with Crippen LogP contribution in [0.4, 0.5) is 11.4 Å². The van der Waals surface area contributed by atoms with Gasteiger partial charge in [0.15, 0.2) is 6.61 Å². The van der Waals surface area contributed by atoms with Crippen LogP contribution in [0.2, 0.25) is 0 Å². The van der Waals surface area contributed by atoms with Crippen LogP contribution in [0.1, 0.15) is 16.7 Å². The van der Waals surface area contributed by atoms with Crippen molar-refractivity contribution in [2.75, 3.05) is 23.4 Å². The zero-order valence-electron chi connectivity index (χ0n) is 14.1. The minimum atomic E-state index is -0.228. The highest BCUT2D eigenvalue weighted by Gasteiger charge is 2.27. The molecule has 5 heteroatoms. The molecule has 0 saturated heterocycles. The number of carbonyl (C=O) groups is 2. The van der Waals surface area contributed by atoms with Crippen molar-refractivity contribution in [1.29, 1.82) is 0 Å². The van der Waals surface area contributed by atoms with Gasteiger partial charge < -0.3 is 10.1 Å². The van der Waals surface area contributed by atoms with Crippen LogP contribution in [0.25, 0.3) is 0 Å². The summed E-state index contributed by atoms with van der Waals surface area (Å²) in [5.41, 5.74) is 4.46. The number of para-hydroxylation sites is 1. The van der Waals surface area contributed by atoms with Crippen LogP contribution in [-0.2, 0) is 9.59 Å². The van der Waals surface area contributed by atoms with E-state index in [1.54, 1.807) is 0 Å². The van der Waals surface area contributed by atoms with E-state index in [1.807, 2.05) is 57.2 Å². The number of hydrogen-bond donors (Lipinski definition) is 1. The van der Waals surface area contributed by atoms with E-state index >= 15 is 0 Å². The van der Waals surface area contributed by atoms with Crippen molar-refractivity contribution in [3.63, 3.8) is 0 Å². The molecule has 2 aromatic carbocycles. The molecule has 2 aromatic rings. The van der Waals surface area contributed by atoms with Crippen LogP contribution < -0.4 is 15.0 Å². The third-order valence-electron chi connectivity index (χ3n) is 4.11. The number of anilines is 2. The topological polar surface area (TPSA) is 58.6 Å². The lowest BCUT2D eigenvalue weighted by atomic mass is 10.1. The first-order chi connectivity index (χ1) is 11.5. The molecule has 0 fully saturated rings. The Kier molecular flexibility index (Phi) is 4.25. The Morgan fingerprint density at radius 3 is 2.58 bits per heavy atom. The van der Waals surface area contributed by atoms with Gasteiger partial charge in [0, 0.05) is 5.69 Å². The maximum atomic E-state index is 12.5. The van der Waals surface area contributed by atoms with Gasteiger partial charge in [-0.1, -0.05) is 24.3 Å². The predicted molar refractivity (Wildman–Crippen MR) is 93.6 cm³/mol. The summed E-state index contributed by atoms with van der Waals surface area (Å²) in [5.74, 6) is 0.187. The monoisotopic (exact) mass is 324 g/mol. The fourth-order valence-corrected chi connectivity index (χ4v) is 2.82. The Morgan fingerprint density at radius 1 is 1.17 bits per heavy atom. The van der Waals surface area contributed by atoms with Gasteiger partial charge in [0.1, 0.15) is 12.3 Å². The standard InChI is InChI=1S/C19H20N2O3/c1-12-7-8-15-16(9-12)24-11-18(23)21(15)10-17(22)20-19-13(2)5-4-6-14(19)3/h4-9H,10-11H2,1-3H3,(H,20,22). The summed E-state index contributed by atoms with van der Waals surface area (Å²) in [7, 11) is 0. The van der Waals surface area contributed by atoms with Gasteiger partial charge in [0.25, 0.3) is 5.91 Å². The van der Waals surface area contributed by atoms with Crippen LogP contribution in [-0.4, -0.2) is 25.0 Å². The zero-order valence-corrected chi connectivity index (χ0v) is 14.1. The van der Waals surface area contributed by atoms with Gasteiger partial charge in [-0.05, 0) is 49.6 Å². The molecule has 3 rings (SSSR count). The summed E-state index contributed by atoms with van der Waals surface area (Å²) < 4.78 is 5.46. The van der Waals surface area contributed by atoms with Crippen molar-refractivity contribution in [2.45, 2.75) is 20.8 Å². The summed E-state index contributed by atoms with van der Waals surface area (Å²) in [6.07, 6.45) is 0. The Balaban J connectivity index is 1.81. The van der Waals surface area contributed by atoms with Crippen LogP contribution in [0.5, 0.6) is 5.75 Å². The predicted octanol–water partition coefficient (Wildman–Crippen LogP) is 2.98. The number of rotatable bonds is 3. The third-order valence-corrected chi connectivity index (χ3v) is 4.11. The molecule has 1 aliphatic heterocycles. The third kappa shape index (κ3) is 3.11. The minimum Gasteiger partial charge on any atom is -0.482 e. The van der Waals surface area contributed by atoms with Gasteiger partial charge in [-0.25, -0.2) is 0 Å². The van der Waals surface area contributed by atoms with E-state index in [-0.39, 0.29) is 25.0 Å². The number of hydrogen-bond acceptors (Lipinski definition) is 3. The molecule has 0 bridgehead atoms. The van der Waals surface area contributed by atoms with Gasteiger partial charge in [0.05, 0.1) is 5.69 Å². The Bertz CT molecular complexity index is 794. The number of nitrogens with one attached hydrogen (secondary N) is 1. The lowest BCUT2D eigenvalue weighted by Crippen LogP contribution is -2.43. The molecule has 1 N–H and O–H groups in total. The second kappa shape index (κ2) is 6.35. The average Bonchev–Trinajstić information content (AvgIpc) is 2.54. The van der Waals surface area contributed by atoms with E-state index in [9.17, 15) is 9.59 Å². The number of benzene rings is 2. The SMILES string of the molecule is Cc1ccc2c(c1)OCC(=O)N2CC(=O)Nc1c(C)cccc1C. The molecular formula is C19H20N2O3. The Labute approximate surface area is 141 Å². The Hall–Kier alpha value is -2.82. The van der Waals surface area contributed by atoms with Crippen LogP contribution in [0.3, 0.4) is 0 Å². The van der Waals surface area contributed by atoms with E-state index in [4.69, 9.17) is 4.74 Å². The summed E-state index contributed by atoms with van der Waals surface area (Å²) in [6.45, 7) is 5.76. The smallest absolute Gasteiger partial charge is 0.265 e. The van der Waals surface area contributed by atoms with Crippen LogP contribution in [0, 0.1) is 20.8 Å². The molecule has 0 aliphatic carbocycles. The highest BCUT2D eigenvalue weighted by Crippen LogP contribution is 2.32. The first-order valence-electron chi connectivity index (χ1n) is 7.85. The molecule has 24 heavy (non-hydrogen) atoms. The molecule has 2 amide bonds. The largest absolute Gasteiger partial charge is 0.482 e. The number of aryl methyl sites for hydroxylation is 3. The van der Waals surface area contributed by atoms with Crippen molar-refractivity contribution >= 4 is 23.2 Å². The molecule has 0 spiro atoms. The summed E-state index contributed by atoms with van der Waals surface area (Å²) in [6, 6.07) is 11.4. The first kappa shape index (κ1) is 16.1. The number of fused-ring (bicyclic) bond motifs is 1. The number of amides is 2. The first-order valence-corrected chi connectivity index (χ1v) is 7.85. The second-order valence-electron chi connectivity index (χ2n) is 6.05. The summed E-state index contributed by atoms with van der Waals surface area (Å²) in [5, 5.41) is 2.91. The summed E-state index contributed by atoms with van der Waals surface area (Å²) >= 11 is 0. The average molecular weight is 324 g/mol. The molecule has 1 aliphatic rings. The second-order valence-corrected chi connectivity index (χ2v) is 6.05. The molecule has 0 aromatic heterocycles. The quantitative estimate of drug-likeness (QED) is 0.944. The minimum absolute atomic E-state index is 0.0357. The van der Waals surface area contributed by atoms with Gasteiger partial charge in [-0.15, -0.1) is 0 Å². The number of carbonyl (C=O) groups excluding carboxylic acids is 2. The molecule has 0 atom stereocenters. The normalized spacial score (nSPS) is 13.3. The fourth-order valence-electron chi connectivity index (χ4n) is 2.82. The van der Waals surface area contributed by atoms with Crippen LogP contribution in [0.15, 0.2) is 36.4 Å². The van der Waals surface area contributed by atoms with Crippen molar-refractivity contribution in [2.24, 2.45) is 0 Å². The van der Waals surface area contributed by atoms with Crippen molar-refractivity contribution < 1.29 is 14.3 Å². The molecule has 5 nitrogen and oxygen atoms in total. The van der Waals surface area contributed by atoms with Crippen molar-refractivity contribution in [3.8, 4) is 5.75 Å². The number of ether oxygens (including phenoxy) is 1. The maximum Gasteiger partial charge on any atom is 0.265 e. The Morgan fingerprint density at radius 2 is 1.88 bits per heavy atom. The molecule has 0 saturated carbocycles. The molecule has 124 valence electrons. The lowest BCUT2D eigenvalue weighted by Gasteiger charge is -2.29. The van der Waals surface area contributed by atoms with Crippen molar-refractivity contribution in [3.05, 3.63) is 53.1 Å². The highest BCUT2D eigenvalue weighted by molar-refractivity contribution is 6.05. The molecular weight excluding hydrogens is 304 g/mol. The number of nitrogens with zero attached hydrogens (tertiary/aromatic N) is 1. The van der Waals surface area contributed by atoms with Gasteiger partial charge in [-0.2, -0.15) is 0 Å².